The van der Waals surface area contributed by atoms with Gasteiger partial charge in [0.25, 0.3) is 0 Å². The second-order valence-electron chi connectivity index (χ2n) is 13.7. The standard InChI is InChI=1S/C32H52O2/c1-22(2)9-8-10-23(3)27-14-15-28-26-13-12-24-21-25(34-30-11-6-7-20-33-30)16-18-31(24,4)29(26)17-19-32(27,28)5/h10,12,22,25-30H,6-9,11,13-21H2,1-5H3/b23-10+/t25-,26?,27+,28?,29?,30?,31-,32?/m0/s1. The molecule has 0 amide bonds. The van der Waals surface area contributed by atoms with Crippen LogP contribution >= 0.6 is 0 Å². The largest absolute Gasteiger partial charge is 0.353 e. The Morgan fingerprint density at radius 2 is 1.94 bits per heavy atom. The number of rotatable bonds is 6. The summed E-state index contributed by atoms with van der Waals surface area (Å²) < 4.78 is 12.4. The van der Waals surface area contributed by atoms with Crippen LogP contribution in [0.2, 0.25) is 0 Å². The zero-order valence-corrected chi connectivity index (χ0v) is 22.9. The van der Waals surface area contributed by atoms with E-state index in [0.717, 1.165) is 49.0 Å². The van der Waals surface area contributed by atoms with Crippen molar-refractivity contribution in [2.75, 3.05) is 6.61 Å². The molecule has 5 unspecified atom stereocenters. The molecule has 0 radical (unpaired) electrons. The first-order valence-corrected chi connectivity index (χ1v) is 14.9. The van der Waals surface area contributed by atoms with Crippen LogP contribution in [0.4, 0.5) is 0 Å². The molecule has 2 heteroatoms. The second kappa shape index (κ2) is 10.0. The van der Waals surface area contributed by atoms with E-state index in [-0.39, 0.29) is 6.29 Å². The summed E-state index contributed by atoms with van der Waals surface area (Å²) in [6, 6.07) is 0. The van der Waals surface area contributed by atoms with E-state index in [0.29, 0.717) is 16.9 Å². The molecule has 1 aliphatic heterocycles. The molecule has 4 fully saturated rings. The van der Waals surface area contributed by atoms with Crippen molar-refractivity contribution in [1.29, 1.82) is 0 Å². The Hall–Kier alpha value is -0.600. The highest BCUT2D eigenvalue weighted by atomic mass is 16.7. The zero-order chi connectivity index (χ0) is 23.9. The Bertz CT molecular complexity index is 774. The van der Waals surface area contributed by atoms with Gasteiger partial charge in [0.05, 0.1) is 6.10 Å². The molecule has 0 aromatic heterocycles. The first kappa shape index (κ1) is 25.1. The molecular weight excluding hydrogens is 416 g/mol. The van der Waals surface area contributed by atoms with Gasteiger partial charge in [0.1, 0.15) is 0 Å². The predicted molar refractivity (Wildman–Crippen MR) is 141 cm³/mol. The SMILES string of the molecule is C/C(=C\CCC(C)C)[C@H]1CCC2C3CC=C4C[C@@H](OC5CCCCO5)CC[C@]4(C)C3CCC21C. The van der Waals surface area contributed by atoms with Crippen molar-refractivity contribution in [3.63, 3.8) is 0 Å². The lowest BCUT2D eigenvalue weighted by Crippen LogP contribution is -2.50. The lowest BCUT2D eigenvalue weighted by atomic mass is 9.47. The summed E-state index contributed by atoms with van der Waals surface area (Å²) in [5.41, 5.74) is 4.39. The number of fused-ring (bicyclic) bond motifs is 5. The Kier molecular flexibility index (Phi) is 7.40. The summed E-state index contributed by atoms with van der Waals surface area (Å²) >= 11 is 0. The van der Waals surface area contributed by atoms with Crippen LogP contribution in [0.15, 0.2) is 23.3 Å². The smallest absolute Gasteiger partial charge is 0.157 e. The minimum Gasteiger partial charge on any atom is -0.353 e. The van der Waals surface area contributed by atoms with E-state index in [1.807, 2.05) is 0 Å². The van der Waals surface area contributed by atoms with Gasteiger partial charge in [-0.05, 0) is 131 Å². The maximum atomic E-state index is 6.47. The van der Waals surface area contributed by atoms with E-state index in [1.54, 1.807) is 11.1 Å². The fraction of sp³-hybridized carbons (Fsp3) is 0.875. The number of hydrogen-bond donors (Lipinski definition) is 0. The van der Waals surface area contributed by atoms with Crippen LogP contribution in [0, 0.1) is 40.4 Å². The van der Waals surface area contributed by atoms with Crippen molar-refractivity contribution in [1.82, 2.24) is 0 Å². The average molecular weight is 469 g/mol. The summed E-state index contributed by atoms with van der Waals surface area (Å²) in [7, 11) is 0. The topological polar surface area (TPSA) is 18.5 Å². The van der Waals surface area contributed by atoms with E-state index < -0.39 is 0 Å². The maximum Gasteiger partial charge on any atom is 0.157 e. The molecule has 2 nitrogen and oxygen atoms in total. The van der Waals surface area contributed by atoms with Gasteiger partial charge in [0, 0.05) is 6.61 Å². The van der Waals surface area contributed by atoms with E-state index in [4.69, 9.17) is 9.47 Å². The Labute approximate surface area is 210 Å². The van der Waals surface area contributed by atoms with Gasteiger partial charge < -0.3 is 9.47 Å². The third-order valence-electron chi connectivity index (χ3n) is 11.3. The van der Waals surface area contributed by atoms with Crippen LogP contribution in [-0.2, 0) is 9.47 Å². The molecule has 34 heavy (non-hydrogen) atoms. The van der Waals surface area contributed by atoms with Crippen LogP contribution in [0.25, 0.3) is 0 Å². The minimum atomic E-state index is 0.0580. The molecule has 192 valence electrons. The van der Waals surface area contributed by atoms with Crippen molar-refractivity contribution in [3.05, 3.63) is 23.3 Å². The molecule has 1 heterocycles. The first-order valence-electron chi connectivity index (χ1n) is 14.9. The van der Waals surface area contributed by atoms with E-state index in [9.17, 15) is 0 Å². The first-order chi connectivity index (χ1) is 16.3. The normalized spacial score (nSPS) is 44.9. The molecule has 0 bridgehead atoms. The van der Waals surface area contributed by atoms with E-state index in [2.05, 4.69) is 46.8 Å². The van der Waals surface area contributed by atoms with Gasteiger partial charge in [0.2, 0.25) is 0 Å². The van der Waals surface area contributed by atoms with Crippen molar-refractivity contribution >= 4 is 0 Å². The molecule has 3 saturated carbocycles. The molecule has 5 rings (SSSR count). The number of allylic oxidation sites excluding steroid dienone is 3. The molecular formula is C32H52O2. The highest BCUT2D eigenvalue weighted by Crippen LogP contribution is 2.67. The molecule has 0 aromatic carbocycles. The molecule has 5 aliphatic rings. The van der Waals surface area contributed by atoms with Crippen LogP contribution in [0.1, 0.15) is 118 Å². The van der Waals surface area contributed by atoms with Gasteiger partial charge >= 0.3 is 0 Å². The summed E-state index contributed by atoms with van der Waals surface area (Å²) in [6.45, 7) is 13.4. The molecule has 4 aliphatic carbocycles. The van der Waals surface area contributed by atoms with Gasteiger partial charge in [-0.1, -0.05) is 51.0 Å². The van der Waals surface area contributed by atoms with Crippen LogP contribution < -0.4 is 0 Å². The lowest BCUT2D eigenvalue weighted by molar-refractivity contribution is -0.195. The van der Waals surface area contributed by atoms with Gasteiger partial charge in [-0.3, -0.25) is 0 Å². The van der Waals surface area contributed by atoms with Gasteiger partial charge in [-0.15, -0.1) is 0 Å². The average Bonchev–Trinajstić information content (AvgIpc) is 3.17. The summed E-state index contributed by atoms with van der Waals surface area (Å²) in [5.74, 6) is 4.35. The van der Waals surface area contributed by atoms with Crippen molar-refractivity contribution in [2.45, 2.75) is 130 Å². The quantitative estimate of drug-likeness (QED) is 0.362. The van der Waals surface area contributed by atoms with Crippen molar-refractivity contribution in [3.8, 4) is 0 Å². The highest BCUT2D eigenvalue weighted by Gasteiger charge is 2.58. The fourth-order valence-electron chi connectivity index (χ4n) is 9.31. The highest BCUT2D eigenvalue weighted by molar-refractivity contribution is 5.26. The van der Waals surface area contributed by atoms with Crippen molar-refractivity contribution in [2.24, 2.45) is 40.4 Å². The van der Waals surface area contributed by atoms with E-state index in [1.165, 1.54) is 70.6 Å². The number of ether oxygens (including phenoxy) is 2. The third kappa shape index (κ3) is 4.60. The second-order valence-corrected chi connectivity index (χ2v) is 13.7. The van der Waals surface area contributed by atoms with Crippen LogP contribution in [-0.4, -0.2) is 19.0 Å². The van der Waals surface area contributed by atoms with Crippen molar-refractivity contribution < 1.29 is 9.47 Å². The van der Waals surface area contributed by atoms with Gasteiger partial charge in [0.15, 0.2) is 6.29 Å². The van der Waals surface area contributed by atoms with Gasteiger partial charge in [-0.25, -0.2) is 0 Å². The summed E-state index contributed by atoms with van der Waals surface area (Å²) in [6.07, 6.45) is 22.7. The summed E-state index contributed by atoms with van der Waals surface area (Å²) in [5, 5.41) is 0. The molecule has 8 atom stereocenters. The zero-order valence-electron chi connectivity index (χ0n) is 22.9. The fourth-order valence-corrected chi connectivity index (χ4v) is 9.31. The molecule has 0 spiro atoms. The van der Waals surface area contributed by atoms with E-state index >= 15 is 0 Å². The molecule has 0 aromatic rings. The summed E-state index contributed by atoms with van der Waals surface area (Å²) in [4.78, 5) is 0. The minimum absolute atomic E-state index is 0.0580. The number of hydrogen-bond acceptors (Lipinski definition) is 2. The maximum absolute atomic E-state index is 6.47. The van der Waals surface area contributed by atoms with Gasteiger partial charge in [-0.2, -0.15) is 0 Å². The Balaban J connectivity index is 1.27. The van der Waals surface area contributed by atoms with Crippen LogP contribution in [0.3, 0.4) is 0 Å². The third-order valence-corrected chi connectivity index (χ3v) is 11.3. The Morgan fingerprint density at radius 1 is 1.09 bits per heavy atom. The molecule has 0 N–H and O–H groups in total. The Morgan fingerprint density at radius 3 is 2.71 bits per heavy atom. The monoisotopic (exact) mass is 468 g/mol. The molecule has 1 saturated heterocycles. The lowest BCUT2D eigenvalue weighted by Gasteiger charge is -2.58. The predicted octanol–water partition coefficient (Wildman–Crippen LogP) is 8.86. The van der Waals surface area contributed by atoms with Crippen LogP contribution in [0.5, 0.6) is 0 Å².